The molecule has 1 aliphatic rings. The standard InChI is InChI=1S/C6H13NO4S/c1-4-2-5(8)6(11-4)3-12(7,9)10/h4-6,8H,2-3H2,1H3,(H2,7,9,10)/t4-,5?,6+/m0/s1. The molecule has 12 heavy (non-hydrogen) atoms. The van der Waals surface area contributed by atoms with Crippen molar-refractivity contribution in [2.75, 3.05) is 5.75 Å². The van der Waals surface area contributed by atoms with Crippen LogP contribution < -0.4 is 5.14 Å². The van der Waals surface area contributed by atoms with Crippen LogP contribution in [0.15, 0.2) is 0 Å². The Labute approximate surface area is 71.6 Å². The van der Waals surface area contributed by atoms with Gasteiger partial charge in [0.25, 0.3) is 0 Å². The maximum absolute atomic E-state index is 10.6. The molecule has 0 aliphatic carbocycles. The van der Waals surface area contributed by atoms with E-state index in [1.165, 1.54) is 0 Å². The van der Waals surface area contributed by atoms with Gasteiger partial charge in [0.1, 0.15) is 0 Å². The Balaban J connectivity index is 2.55. The number of ether oxygens (including phenoxy) is 1. The normalized spacial score (nSPS) is 37.1. The fourth-order valence-corrected chi connectivity index (χ4v) is 2.07. The highest BCUT2D eigenvalue weighted by molar-refractivity contribution is 7.89. The van der Waals surface area contributed by atoms with E-state index >= 15 is 0 Å². The number of sulfonamides is 1. The second-order valence-electron chi connectivity index (χ2n) is 3.12. The molecule has 5 nitrogen and oxygen atoms in total. The monoisotopic (exact) mass is 195 g/mol. The second kappa shape index (κ2) is 3.29. The Morgan fingerprint density at radius 2 is 2.25 bits per heavy atom. The number of rotatable bonds is 2. The van der Waals surface area contributed by atoms with Gasteiger partial charge in [-0.15, -0.1) is 0 Å². The van der Waals surface area contributed by atoms with Gasteiger partial charge in [-0.3, -0.25) is 0 Å². The molecule has 1 saturated heterocycles. The van der Waals surface area contributed by atoms with Crippen molar-refractivity contribution in [2.45, 2.75) is 31.7 Å². The maximum atomic E-state index is 10.6. The Bertz CT molecular complexity index is 250. The lowest BCUT2D eigenvalue weighted by Gasteiger charge is -2.11. The number of hydrogen-bond donors (Lipinski definition) is 2. The third-order valence-electron chi connectivity index (χ3n) is 1.81. The summed E-state index contributed by atoms with van der Waals surface area (Å²) in [7, 11) is -3.55. The molecule has 1 rings (SSSR count). The van der Waals surface area contributed by atoms with E-state index in [9.17, 15) is 13.5 Å². The highest BCUT2D eigenvalue weighted by Crippen LogP contribution is 2.20. The smallest absolute Gasteiger partial charge is 0.211 e. The summed E-state index contributed by atoms with van der Waals surface area (Å²) in [5.74, 6) is -0.307. The van der Waals surface area contributed by atoms with Crippen LogP contribution in [0.5, 0.6) is 0 Å². The van der Waals surface area contributed by atoms with Gasteiger partial charge in [0.05, 0.1) is 24.1 Å². The molecule has 0 saturated carbocycles. The van der Waals surface area contributed by atoms with Gasteiger partial charge in [0.15, 0.2) is 0 Å². The summed E-state index contributed by atoms with van der Waals surface area (Å²) in [4.78, 5) is 0. The fourth-order valence-electron chi connectivity index (χ4n) is 1.32. The summed E-state index contributed by atoms with van der Waals surface area (Å²) in [6.07, 6.45) is -0.986. The fraction of sp³-hybridized carbons (Fsp3) is 1.00. The SMILES string of the molecule is C[C@H]1CC(O)[C@@H](CS(N)(=O)=O)O1. The highest BCUT2D eigenvalue weighted by atomic mass is 32.2. The number of nitrogens with two attached hydrogens (primary N) is 1. The van der Waals surface area contributed by atoms with Crippen molar-refractivity contribution in [3.63, 3.8) is 0 Å². The van der Waals surface area contributed by atoms with Gasteiger partial charge in [0.2, 0.25) is 10.0 Å². The van der Waals surface area contributed by atoms with E-state index in [2.05, 4.69) is 0 Å². The minimum Gasteiger partial charge on any atom is -0.390 e. The molecular weight excluding hydrogens is 182 g/mol. The van der Waals surface area contributed by atoms with Crippen LogP contribution >= 0.6 is 0 Å². The zero-order valence-corrected chi connectivity index (χ0v) is 7.62. The van der Waals surface area contributed by atoms with Gasteiger partial charge in [-0.25, -0.2) is 13.6 Å². The maximum Gasteiger partial charge on any atom is 0.211 e. The lowest BCUT2D eigenvalue weighted by Crippen LogP contribution is -2.33. The van der Waals surface area contributed by atoms with Crippen molar-refractivity contribution in [1.82, 2.24) is 0 Å². The first-order chi connectivity index (χ1) is 5.38. The molecule has 0 amide bonds. The Morgan fingerprint density at radius 1 is 1.67 bits per heavy atom. The van der Waals surface area contributed by atoms with Gasteiger partial charge in [-0.2, -0.15) is 0 Å². The lowest BCUT2D eigenvalue weighted by molar-refractivity contribution is 0.0307. The molecule has 1 unspecified atom stereocenters. The molecule has 3 N–H and O–H groups in total. The van der Waals surface area contributed by atoms with E-state index in [1.807, 2.05) is 0 Å². The molecule has 1 aliphatic heterocycles. The summed E-state index contributed by atoms with van der Waals surface area (Å²) in [5, 5.41) is 14.1. The summed E-state index contributed by atoms with van der Waals surface area (Å²) in [6.45, 7) is 1.78. The van der Waals surface area contributed by atoms with Crippen LogP contribution in [-0.2, 0) is 14.8 Å². The van der Waals surface area contributed by atoms with Crippen molar-refractivity contribution >= 4 is 10.0 Å². The number of aliphatic hydroxyl groups excluding tert-OH is 1. The molecule has 3 atom stereocenters. The summed E-state index contributed by atoms with van der Waals surface area (Å²) in [5.41, 5.74) is 0. The van der Waals surface area contributed by atoms with Crippen molar-refractivity contribution in [1.29, 1.82) is 0 Å². The Hall–Kier alpha value is -0.170. The quantitative estimate of drug-likeness (QED) is 0.580. The lowest BCUT2D eigenvalue weighted by atomic mass is 10.2. The molecule has 72 valence electrons. The summed E-state index contributed by atoms with van der Waals surface area (Å²) >= 11 is 0. The molecule has 0 aromatic heterocycles. The van der Waals surface area contributed by atoms with Gasteiger partial charge in [0, 0.05) is 6.42 Å². The van der Waals surface area contributed by atoms with E-state index in [0.29, 0.717) is 6.42 Å². The third kappa shape index (κ3) is 2.71. The molecule has 0 spiro atoms. The molecule has 0 radical (unpaired) electrons. The number of aliphatic hydroxyl groups is 1. The molecular formula is C6H13NO4S. The average molecular weight is 195 g/mol. The average Bonchev–Trinajstić information content (AvgIpc) is 2.06. The largest absolute Gasteiger partial charge is 0.390 e. The molecule has 0 aromatic carbocycles. The third-order valence-corrected chi connectivity index (χ3v) is 2.60. The molecule has 6 heteroatoms. The Morgan fingerprint density at radius 3 is 2.58 bits per heavy atom. The first kappa shape index (κ1) is 9.91. The topological polar surface area (TPSA) is 89.6 Å². The van der Waals surface area contributed by atoms with Crippen LogP contribution in [-0.4, -0.2) is 37.6 Å². The molecule has 1 fully saturated rings. The Kier molecular flexibility index (Phi) is 2.72. The molecule has 0 bridgehead atoms. The van der Waals surface area contributed by atoms with Crippen LogP contribution in [0.1, 0.15) is 13.3 Å². The van der Waals surface area contributed by atoms with Crippen molar-refractivity contribution in [3.8, 4) is 0 Å². The zero-order chi connectivity index (χ0) is 9.35. The number of primary sulfonamides is 1. The van der Waals surface area contributed by atoms with Crippen LogP contribution in [0.25, 0.3) is 0 Å². The number of hydrogen-bond acceptors (Lipinski definition) is 4. The van der Waals surface area contributed by atoms with E-state index < -0.39 is 22.2 Å². The zero-order valence-electron chi connectivity index (χ0n) is 6.80. The van der Waals surface area contributed by atoms with Crippen molar-refractivity contribution < 1.29 is 18.3 Å². The minimum absolute atomic E-state index is 0.0910. The minimum atomic E-state index is -3.55. The van der Waals surface area contributed by atoms with Crippen molar-refractivity contribution in [2.24, 2.45) is 5.14 Å². The van der Waals surface area contributed by atoms with Crippen molar-refractivity contribution in [3.05, 3.63) is 0 Å². The van der Waals surface area contributed by atoms with E-state index in [1.54, 1.807) is 6.92 Å². The summed E-state index contributed by atoms with van der Waals surface area (Å²) in [6, 6.07) is 0. The van der Waals surface area contributed by atoms with Crippen LogP contribution in [0.3, 0.4) is 0 Å². The van der Waals surface area contributed by atoms with E-state index in [-0.39, 0.29) is 11.9 Å². The molecule has 1 heterocycles. The first-order valence-corrected chi connectivity index (χ1v) is 5.44. The van der Waals surface area contributed by atoms with Gasteiger partial charge >= 0.3 is 0 Å². The first-order valence-electron chi connectivity index (χ1n) is 3.72. The summed E-state index contributed by atoms with van der Waals surface area (Å²) < 4.78 is 26.4. The van der Waals surface area contributed by atoms with Crippen LogP contribution in [0, 0.1) is 0 Å². The highest BCUT2D eigenvalue weighted by Gasteiger charge is 2.33. The van der Waals surface area contributed by atoms with E-state index in [4.69, 9.17) is 9.88 Å². The predicted molar refractivity (Wildman–Crippen MR) is 42.9 cm³/mol. The van der Waals surface area contributed by atoms with Gasteiger partial charge < -0.3 is 9.84 Å². The second-order valence-corrected chi connectivity index (χ2v) is 4.78. The van der Waals surface area contributed by atoms with Gasteiger partial charge in [-0.1, -0.05) is 0 Å². The van der Waals surface area contributed by atoms with Crippen LogP contribution in [0.2, 0.25) is 0 Å². The van der Waals surface area contributed by atoms with Gasteiger partial charge in [-0.05, 0) is 6.92 Å². The predicted octanol–water partition coefficient (Wildman–Crippen LogP) is -1.19. The van der Waals surface area contributed by atoms with Crippen LogP contribution in [0.4, 0.5) is 0 Å². The molecule has 0 aromatic rings. The van der Waals surface area contributed by atoms with E-state index in [0.717, 1.165) is 0 Å².